The molecule has 0 amide bonds. The summed E-state index contributed by atoms with van der Waals surface area (Å²) in [7, 11) is 3.13. The third-order valence-electron chi connectivity index (χ3n) is 2.97. The first-order valence-corrected chi connectivity index (χ1v) is 7.49. The quantitative estimate of drug-likeness (QED) is 0.661. The second kappa shape index (κ2) is 6.70. The lowest BCUT2D eigenvalue weighted by molar-refractivity contribution is 0.392. The molecule has 1 atom stereocenters. The maximum atomic E-state index is 6.58. The molecule has 2 nitrogen and oxygen atoms in total. The number of hydrogen-bond acceptors (Lipinski definition) is 2. The van der Waals surface area contributed by atoms with Crippen molar-refractivity contribution in [2.75, 3.05) is 14.2 Å². The molecule has 1 unspecified atom stereocenters. The number of halogens is 3. The van der Waals surface area contributed by atoms with Gasteiger partial charge in [-0.25, -0.2) is 0 Å². The first kappa shape index (κ1) is 15.5. The molecule has 0 N–H and O–H groups in total. The highest BCUT2D eigenvalue weighted by molar-refractivity contribution is 9.10. The summed E-state index contributed by atoms with van der Waals surface area (Å²) < 4.78 is 11.5. The predicted octanol–water partition coefficient (Wildman–Crippen LogP) is 5.45. The van der Waals surface area contributed by atoms with Gasteiger partial charge in [0.25, 0.3) is 0 Å². The van der Waals surface area contributed by atoms with Crippen molar-refractivity contribution in [3.63, 3.8) is 0 Å². The summed E-state index contributed by atoms with van der Waals surface area (Å²) in [4.78, 5) is 0. The van der Waals surface area contributed by atoms with E-state index >= 15 is 0 Å². The van der Waals surface area contributed by atoms with Crippen molar-refractivity contribution in [2.45, 2.75) is 5.38 Å². The van der Waals surface area contributed by atoms with Gasteiger partial charge >= 0.3 is 0 Å². The number of ether oxygens (including phenoxy) is 2. The second-order valence-electron chi connectivity index (χ2n) is 4.09. The third kappa shape index (κ3) is 2.90. The van der Waals surface area contributed by atoms with Gasteiger partial charge in [0, 0.05) is 10.0 Å². The highest BCUT2D eigenvalue weighted by Crippen LogP contribution is 2.44. The number of rotatable bonds is 4. The average Bonchev–Trinajstić information content (AvgIpc) is 2.46. The number of benzene rings is 2. The van der Waals surface area contributed by atoms with Crippen LogP contribution in [-0.2, 0) is 0 Å². The predicted molar refractivity (Wildman–Crippen MR) is 86.4 cm³/mol. The maximum Gasteiger partial charge on any atom is 0.146 e. The number of alkyl halides is 1. The second-order valence-corrected chi connectivity index (χ2v) is 5.76. The first-order valence-electron chi connectivity index (χ1n) is 5.89. The summed E-state index contributed by atoms with van der Waals surface area (Å²) in [5, 5.41) is 0.0501. The van der Waals surface area contributed by atoms with Crippen LogP contribution in [-0.4, -0.2) is 14.2 Å². The molecule has 0 saturated heterocycles. The smallest absolute Gasteiger partial charge is 0.146 e. The minimum atomic E-state index is -0.371. The molecule has 0 heterocycles. The van der Waals surface area contributed by atoms with Crippen molar-refractivity contribution in [3.05, 3.63) is 57.0 Å². The Kier molecular flexibility index (Phi) is 5.19. The van der Waals surface area contributed by atoms with E-state index < -0.39 is 0 Å². The molecule has 20 heavy (non-hydrogen) atoms. The zero-order valence-electron chi connectivity index (χ0n) is 11.0. The van der Waals surface area contributed by atoms with Crippen LogP contribution >= 0.6 is 39.1 Å². The fourth-order valence-corrected chi connectivity index (χ4v) is 3.30. The lowest BCUT2D eigenvalue weighted by Crippen LogP contribution is -2.00. The van der Waals surface area contributed by atoms with E-state index in [1.165, 1.54) is 0 Å². The van der Waals surface area contributed by atoms with Crippen LogP contribution in [0.1, 0.15) is 16.5 Å². The molecular formula is C15H13BrCl2O2. The van der Waals surface area contributed by atoms with Gasteiger partial charge in [-0.05, 0) is 23.8 Å². The highest BCUT2D eigenvalue weighted by atomic mass is 79.9. The maximum absolute atomic E-state index is 6.58. The monoisotopic (exact) mass is 374 g/mol. The minimum absolute atomic E-state index is 0.371. The van der Waals surface area contributed by atoms with Crippen LogP contribution in [0.2, 0.25) is 5.02 Å². The molecule has 0 saturated carbocycles. The van der Waals surface area contributed by atoms with Crippen LogP contribution < -0.4 is 9.47 Å². The van der Waals surface area contributed by atoms with E-state index in [-0.39, 0.29) is 5.38 Å². The van der Waals surface area contributed by atoms with Gasteiger partial charge in [-0.2, -0.15) is 0 Å². The summed E-state index contributed by atoms with van der Waals surface area (Å²) in [5.41, 5.74) is 1.75. The Morgan fingerprint density at radius 1 is 1.00 bits per heavy atom. The Bertz CT molecular complexity index is 617. The third-order valence-corrected chi connectivity index (χ3v) is 4.52. The molecule has 0 spiro atoms. The van der Waals surface area contributed by atoms with E-state index in [1.54, 1.807) is 20.3 Å². The van der Waals surface area contributed by atoms with Gasteiger partial charge in [0.05, 0.1) is 19.6 Å². The van der Waals surface area contributed by atoms with Crippen LogP contribution in [0.3, 0.4) is 0 Å². The highest BCUT2D eigenvalue weighted by Gasteiger charge is 2.21. The van der Waals surface area contributed by atoms with Gasteiger partial charge in [-0.3, -0.25) is 0 Å². The molecule has 0 aliphatic heterocycles. The van der Waals surface area contributed by atoms with Crippen molar-refractivity contribution in [2.24, 2.45) is 0 Å². The largest absolute Gasteiger partial charge is 0.495 e. The van der Waals surface area contributed by atoms with Crippen molar-refractivity contribution in [1.82, 2.24) is 0 Å². The fourth-order valence-electron chi connectivity index (χ4n) is 1.97. The van der Waals surface area contributed by atoms with Crippen LogP contribution in [0.5, 0.6) is 11.5 Å². The molecular weight excluding hydrogens is 363 g/mol. The molecule has 0 bridgehead atoms. The van der Waals surface area contributed by atoms with Gasteiger partial charge in [-0.1, -0.05) is 45.7 Å². The summed E-state index contributed by atoms with van der Waals surface area (Å²) in [6.45, 7) is 0. The number of hydrogen-bond donors (Lipinski definition) is 0. The van der Waals surface area contributed by atoms with Crippen LogP contribution in [0.4, 0.5) is 0 Å². The van der Waals surface area contributed by atoms with Gasteiger partial charge in [-0.15, -0.1) is 11.6 Å². The zero-order chi connectivity index (χ0) is 14.7. The van der Waals surface area contributed by atoms with E-state index in [2.05, 4.69) is 15.9 Å². The van der Waals surface area contributed by atoms with Gasteiger partial charge < -0.3 is 9.47 Å². The van der Waals surface area contributed by atoms with E-state index in [0.717, 1.165) is 15.6 Å². The summed E-state index contributed by atoms with van der Waals surface area (Å²) >= 11 is 16.3. The van der Waals surface area contributed by atoms with Crippen LogP contribution in [0.15, 0.2) is 40.9 Å². The van der Waals surface area contributed by atoms with Crippen molar-refractivity contribution >= 4 is 39.1 Å². The average molecular weight is 376 g/mol. The van der Waals surface area contributed by atoms with Crippen LogP contribution in [0, 0.1) is 0 Å². The molecule has 2 aromatic rings. The molecule has 0 fully saturated rings. The fraction of sp³-hybridized carbons (Fsp3) is 0.200. The Labute approximate surface area is 136 Å². The van der Waals surface area contributed by atoms with Crippen molar-refractivity contribution < 1.29 is 9.47 Å². The molecule has 106 valence electrons. The van der Waals surface area contributed by atoms with E-state index in [4.69, 9.17) is 32.7 Å². The van der Waals surface area contributed by atoms with E-state index in [1.807, 2.05) is 30.3 Å². The summed E-state index contributed by atoms with van der Waals surface area (Å²) in [6.07, 6.45) is 0. The number of methoxy groups -OCH3 is 2. The van der Waals surface area contributed by atoms with Gasteiger partial charge in [0.2, 0.25) is 0 Å². The Morgan fingerprint density at radius 2 is 1.70 bits per heavy atom. The Balaban J connectivity index is 2.53. The SMILES string of the molecule is COc1ccc(C(Cl)c2ccccc2Br)c(OC)c1Cl. The molecule has 2 rings (SSSR count). The summed E-state index contributed by atoms with van der Waals surface area (Å²) in [6, 6.07) is 11.4. The van der Waals surface area contributed by atoms with Gasteiger partial charge in [0.1, 0.15) is 16.5 Å². The van der Waals surface area contributed by atoms with Crippen molar-refractivity contribution in [3.8, 4) is 11.5 Å². The molecule has 0 radical (unpaired) electrons. The molecule has 0 aliphatic carbocycles. The minimum Gasteiger partial charge on any atom is -0.495 e. The summed E-state index contributed by atoms with van der Waals surface area (Å²) in [5.74, 6) is 1.09. The van der Waals surface area contributed by atoms with E-state index in [9.17, 15) is 0 Å². The van der Waals surface area contributed by atoms with E-state index in [0.29, 0.717) is 16.5 Å². The van der Waals surface area contributed by atoms with Crippen LogP contribution in [0.25, 0.3) is 0 Å². The Hall–Kier alpha value is -0.900. The van der Waals surface area contributed by atoms with Crippen molar-refractivity contribution in [1.29, 1.82) is 0 Å². The molecule has 2 aromatic carbocycles. The van der Waals surface area contributed by atoms with Gasteiger partial charge in [0.15, 0.2) is 0 Å². The lowest BCUT2D eigenvalue weighted by Gasteiger charge is -2.18. The normalized spacial score (nSPS) is 12.1. The standard InChI is InChI=1S/C15H13BrCl2O2/c1-19-12-8-7-10(15(20-2)14(12)18)13(17)9-5-3-4-6-11(9)16/h3-8,13H,1-2H3. The lowest BCUT2D eigenvalue weighted by atomic mass is 10.0. The molecule has 5 heteroatoms. The topological polar surface area (TPSA) is 18.5 Å². The molecule has 0 aromatic heterocycles. The first-order chi connectivity index (χ1) is 9.60. The zero-order valence-corrected chi connectivity index (χ0v) is 14.1. The Morgan fingerprint density at radius 3 is 2.30 bits per heavy atom. The molecule has 0 aliphatic rings.